The summed E-state index contributed by atoms with van der Waals surface area (Å²) >= 11 is 1.90. The Morgan fingerprint density at radius 3 is 1.95 bits per heavy atom. The van der Waals surface area contributed by atoms with Crippen molar-refractivity contribution in [3.63, 3.8) is 0 Å². The van der Waals surface area contributed by atoms with Crippen LogP contribution in [0.5, 0.6) is 0 Å². The summed E-state index contributed by atoms with van der Waals surface area (Å²) in [7, 11) is 0. The Balaban J connectivity index is 1.03. The summed E-state index contributed by atoms with van der Waals surface area (Å²) in [5.41, 5.74) is 16.1. The monoisotopic (exact) mass is 745 g/mol. The molecule has 4 saturated carbocycles. The summed E-state index contributed by atoms with van der Waals surface area (Å²) in [6.07, 6.45) is 9.53. The van der Waals surface area contributed by atoms with Crippen LogP contribution in [0.4, 0.5) is 17.1 Å². The van der Waals surface area contributed by atoms with Crippen molar-refractivity contribution in [3.8, 4) is 22.3 Å². The summed E-state index contributed by atoms with van der Waals surface area (Å²) < 4.78 is 2.69. The lowest BCUT2D eigenvalue weighted by Crippen LogP contribution is -2.55. The van der Waals surface area contributed by atoms with E-state index in [1.165, 1.54) is 116 Å². The van der Waals surface area contributed by atoms with Crippen molar-refractivity contribution in [2.24, 2.45) is 23.7 Å². The van der Waals surface area contributed by atoms with Crippen LogP contribution in [-0.2, 0) is 16.2 Å². The molecule has 1 spiro atoms. The van der Waals surface area contributed by atoms with Crippen molar-refractivity contribution < 1.29 is 0 Å². The Morgan fingerprint density at radius 2 is 1.14 bits per heavy atom. The number of hydrogen-bond donors (Lipinski definition) is 0. The molecule has 0 radical (unpaired) electrons. The third kappa shape index (κ3) is 4.54. The minimum absolute atomic E-state index is 0.0602. The lowest BCUT2D eigenvalue weighted by atomic mass is 9.43. The van der Waals surface area contributed by atoms with E-state index in [-0.39, 0.29) is 16.2 Å². The largest absolute Gasteiger partial charge is 0.310 e. The summed E-state index contributed by atoms with van der Waals surface area (Å²) in [5, 5.41) is 2.68. The molecule has 278 valence electrons. The molecule has 1 aromatic heterocycles. The molecular weight excluding hydrogens is 695 g/mol. The van der Waals surface area contributed by atoms with Gasteiger partial charge in [0, 0.05) is 37.0 Å². The SMILES string of the molecule is CC1(C)CCC(C)(C)c2c(N(c3ccc(-c4cccc5c4-c4ccccc4C54C5CC6CC(C5)CC4C6)cc3)c3ccc4sc5ccccc5c4c3)cccc21. The summed E-state index contributed by atoms with van der Waals surface area (Å²) in [4.78, 5) is 2.58. The molecule has 0 atom stereocenters. The van der Waals surface area contributed by atoms with Gasteiger partial charge in [-0.1, -0.05) is 113 Å². The highest BCUT2D eigenvalue weighted by Gasteiger charge is 2.61. The predicted molar refractivity (Wildman–Crippen MR) is 238 cm³/mol. The molecule has 56 heavy (non-hydrogen) atoms. The van der Waals surface area contributed by atoms with Crippen LogP contribution in [0.2, 0.25) is 0 Å². The highest BCUT2D eigenvalue weighted by molar-refractivity contribution is 7.25. The van der Waals surface area contributed by atoms with Gasteiger partial charge in [0.1, 0.15) is 0 Å². The second-order valence-electron chi connectivity index (χ2n) is 19.6. The van der Waals surface area contributed by atoms with Crippen LogP contribution < -0.4 is 4.90 Å². The summed E-state index contributed by atoms with van der Waals surface area (Å²) in [6, 6.07) is 49.7. The Morgan fingerprint density at radius 1 is 0.518 bits per heavy atom. The van der Waals surface area contributed by atoms with Gasteiger partial charge in [-0.25, -0.2) is 0 Å². The van der Waals surface area contributed by atoms with Crippen molar-refractivity contribution in [2.75, 3.05) is 4.90 Å². The zero-order chi connectivity index (χ0) is 37.6. The molecule has 6 aliphatic carbocycles. The van der Waals surface area contributed by atoms with E-state index < -0.39 is 0 Å². The van der Waals surface area contributed by atoms with Crippen molar-refractivity contribution >= 4 is 48.6 Å². The van der Waals surface area contributed by atoms with Crippen LogP contribution in [0.15, 0.2) is 127 Å². The van der Waals surface area contributed by atoms with Crippen molar-refractivity contribution in [3.05, 3.63) is 150 Å². The van der Waals surface area contributed by atoms with Gasteiger partial charge in [0.05, 0.1) is 5.69 Å². The third-order valence-corrected chi connectivity index (χ3v) is 16.8. The molecule has 0 N–H and O–H groups in total. The molecule has 0 aliphatic heterocycles. The first-order valence-electron chi connectivity index (χ1n) is 21.4. The number of anilines is 3. The van der Waals surface area contributed by atoms with Crippen LogP contribution in [0.1, 0.15) is 94.9 Å². The number of hydrogen-bond acceptors (Lipinski definition) is 2. The maximum absolute atomic E-state index is 2.58. The molecule has 4 fully saturated rings. The number of benzene rings is 6. The van der Waals surface area contributed by atoms with Gasteiger partial charge in [0.25, 0.3) is 0 Å². The summed E-state index contributed by atoms with van der Waals surface area (Å²) in [5.74, 6) is 3.44. The average molecular weight is 746 g/mol. The van der Waals surface area contributed by atoms with Crippen LogP contribution >= 0.6 is 11.3 Å². The van der Waals surface area contributed by atoms with Crippen LogP contribution in [0, 0.1) is 23.7 Å². The van der Waals surface area contributed by atoms with Gasteiger partial charge in [-0.05, 0) is 166 Å². The fourth-order valence-corrected chi connectivity index (χ4v) is 14.5. The molecule has 0 saturated heterocycles. The van der Waals surface area contributed by atoms with Gasteiger partial charge in [-0.3, -0.25) is 0 Å². The van der Waals surface area contributed by atoms with E-state index in [0.29, 0.717) is 0 Å². The van der Waals surface area contributed by atoms with Gasteiger partial charge in [0.2, 0.25) is 0 Å². The number of nitrogens with zero attached hydrogens (tertiary/aromatic N) is 1. The van der Waals surface area contributed by atoms with Crippen molar-refractivity contribution in [1.82, 2.24) is 0 Å². The normalized spacial score (nSPS) is 26.1. The van der Waals surface area contributed by atoms with Crippen molar-refractivity contribution in [1.29, 1.82) is 0 Å². The van der Waals surface area contributed by atoms with Crippen LogP contribution in [-0.4, -0.2) is 0 Å². The molecule has 0 amide bonds. The Bertz CT molecular complexity index is 2700. The predicted octanol–water partition coefficient (Wildman–Crippen LogP) is 15.3. The van der Waals surface area contributed by atoms with Gasteiger partial charge < -0.3 is 4.90 Å². The minimum Gasteiger partial charge on any atom is -0.310 e. The topological polar surface area (TPSA) is 3.24 Å². The molecule has 6 aliphatic rings. The molecule has 6 aromatic carbocycles. The second-order valence-corrected chi connectivity index (χ2v) is 20.7. The van der Waals surface area contributed by atoms with E-state index in [1.807, 2.05) is 11.3 Å². The van der Waals surface area contributed by atoms with Gasteiger partial charge in [-0.2, -0.15) is 0 Å². The zero-order valence-electron chi connectivity index (χ0n) is 33.2. The number of thiophene rings is 1. The van der Waals surface area contributed by atoms with E-state index in [2.05, 4.69) is 160 Å². The van der Waals surface area contributed by atoms with E-state index >= 15 is 0 Å². The lowest BCUT2D eigenvalue weighted by Gasteiger charge is -2.61. The molecule has 1 nitrogen and oxygen atoms in total. The Kier molecular flexibility index (Phi) is 6.99. The van der Waals surface area contributed by atoms with Crippen LogP contribution in [0.25, 0.3) is 42.4 Å². The van der Waals surface area contributed by atoms with Gasteiger partial charge in [0.15, 0.2) is 0 Å². The number of rotatable bonds is 4. The van der Waals surface area contributed by atoms with Crippen LogP contribution in [0.3, 0.4) is 0 Å². The first-order chi connectivity index (χ1) is 27.2. The molecular formula is C54H51NS. The molecule has 0 unspecified atom stereocenters. The van der Waals surface area contributed by atoms with Crippen molar-refractivity contribution in [2.45, 2.75) is 88.9 Å². The molecule has 7 aromatic rings. The summed E-state index contributed by atoms with van der Waals surface area (Å²) in [6.45, 7) is 9.81. The highest BCUT2D eigenvalue weighted by Crippen LogP contribution is 2.70. The molecule has 2 heteroatoms. The van der Waals surface area contributed by atoms with Gasteiger partial charge in [-0.15, -0.1) is 11.3 Å². The smallest absolute Gasteiger partial charge is 0.0502 e. The molecule has 4 bridgehead atoms. The van der Waals surface area contributed by atoms with E-state index in [9.17, 15) is 0 Å². The highest BCUT2D eigenvalue weighted by atomic mass is 32.1. The second kappa shape index (κ2) is 11.7. The quantitative estimate of drug-likeness (QED) is 0.173. The minimum atomic E-state index is 0.0602. The maximum Gasteiger partial charge on any atom is 0.0502 e. The fourth-order valence-electron chi connectivity index (χ4n) is 13.4. The molecule has 1 heterocycles. The number of fused-ring (bicyclic) bond motifs is 7. The first kappa shape index (κ1) is 33.5. The van der Waals surface area contributed by atoms with E-state index in [4.69, 9.17) is 0 Å². The third-order valence-electron chi connectivity index (χ3n) is 15.7. The van der Waals surface area contributed by atoms with E-state index in [1.54, 1.807) is 11.1 Å². The van der Waals surface area contributed by atoms with E-state index in [0.717, 1.165) is 23.7 Å². The zero-order valence-corrected chi connectivity index (χ0v) is 34.1. The molecule has 13 rings (SSSR count). The standard InChI is InChI=1S/C54H51NS/c1-52(2)25-26-53(3,4)51-46(52)16-10-17-47(51)55(39-23-24-49-43(32-39)41-11-6-8-18-48(41)56-49)38-21-19-35(20-22-38)40-13-9-15-45-50(40)42-12-5-7-14-44(42)54(45)36-28-33-27-34(30-36)31-37(54)29-33/h5-24,32-34,36-37H,25-31H2,1-4H3. The Hall–Kier alpha value is -4.66. The van der Waals surface area contributed by atoms with Gasteiger partial charge >= 0.3 is 0 Å². The maximum atomic E-state index is 2.58. The fraction of sp³-hybridized carbons (Fsp3) is 0.333. The Labute approximate surface area is 336 Å². The lowest BCUT2D eigenvalue weighted by molar-refractivity contribution is -0.0399. The average Bonchev–Trinajstić information content (AvgIpc) is 3.73. The first-order valence-corrected chi connectivity index (χ1v) is 22.2.